The van der Waals surface area contributed by atoms with Gasteiger partial charge in [-0.2, -0.15) is 0 Å². The second-order valence-electron chi connectivity index (χ2n) is 9.06. The van der Waals surface area contributed by atoms with Gasteiger partial charge in [0.05, 0.1) is 18.3 Å². The van der Waals surface area contributed by atoms with Gasteiger partial charge < -0.3 is 9.80 Å². The molecule has 3 fully saturated rings. The molecule has 1 aromatic heterocycles. The Kier molecular flexibility index (Phi) is 6.18. The lowest BCUT2D eigenvalue weighted by Crippen LogP contribution is -2.55. The molecule has 0 radical (unpaired) electrons. The third-order valence-corrected chi connectivity index (χ3v) is 7.22. The first-order valence-electron chi connectivity index (χ1n) is 11.3. The number of carbonyl (C=O) groups is 2. The lowest BCUT2D eigenvalue weighted by molar-refractivity contribution is -0.145. The fraction of sp³-hybridized carbons (Fsp3) is 0.696. The topological polar surface area (TPSA) is 56.8 Å². The molecule has 3 saturated heterocycles. The summed E-state index contributed by atoms with van der Waals surface area (Å²) in [6.45, 7) is 7.31. The highest BCUT2D eigenvalue weighted by Crippen LogP contribution is 2.40. The van der Waals surface area contributed by atoms with Gasteiger partial charge in [-0.05, 0) is 69.2 Å². The predicted molar refractivity (Wildman–Crippen MR) is 112 cm³/mol. The summed E-state index contributed by atoms with van der Waals surface area (Å²) >= 11 is 0. The van der Waals surface area contributed by atoms with Gasteiger partial charge in [0.2, 0.25) is 11.8 Å². The van der Waals surface area contributed by atoms with E-state index in [4.69, 9.17) is 0 Å². The minimum atomic E-state index is 0.0557. The summed E-state index contributed by atoms with van der Waals surface area (Å²) in [5.74, 6) is 0.557. The average molecular weight is 399 g/mol. The molecule has 29 heavy (non-hydrogen) atoms. The van der Waals surface area contributed by atoms with Crippen LogP contribution in [0.25, 0.3) is 0 Å². The molecule has 158 valence electrons. The van der Waals surface area contributed by atoms with Crippen LogP contribution >= 0.6 is 0 Å². The molecule has 1 aromatic rings. The quantitative estimate of drug-likeness (QED) is 0.765. The minimum Gasteiger partial charge on any atom is -0.341 e. The average Bonchev–Trinajstić information content (AvgIpc) is 3.27. The number of hydrogen-bond donors (Lipinski definition) is 0. The van der Waals surface area contributed by atoms with Gasteiger partial charge in [-0.15, -0.1) is 0 Å². The number of nitrogens with zero attached hydrogens (tertiary/aromatic N) is 4. The molecule has 4 rings (SSSR count). The first-order valence-corrected chi connectivity index (χ1v) is 11.3. The maximum Gasteiger partial charge on any atom is 0.239 e. The predicted octanol–water partition coefficient (Wildman–Crippen LogP) is 2.69. The summed E-state index contributed by atoms with van der Waals surface area (Å²) < 4.78 is 0. The fourth-order valence-electron chi connectivity index (χ4n) is 5.40. The number of amides is 2. The maximum atomic E-state index is 13.2. The molecule has 0 bridgehead atoms. The molecule has 6 nitrogen and oxygen atoms in total. The highest BCUT2D eigenvalue weighted by molar-refractivity contribution is 5.82. The van der Waals surface area contributed by atoms with Crippen LogP contribution in [-0.2, 0) is 16.1 Å². The number of rotatable bonds is 5. The molecule has 4 heterocycles. The number of hydrogen-bond acceptors (Lipinski definition) is 4. The second kappa shape index (κ2) is 8.82. The molecule has 1 atom stereocenters. The molecule has 0 N–H and O–H groups in total. The van der Waals surface area contributed by atoms with Crippen molar-refractivity contribution in [1.29, 1.82) is 0 Å². The SMILES string of the molecule is CC[C@H](C(=O)N1CCC2(CCC(=O)N(Cc3ccccn3)C2)CC1)N1CCCC1. The molecule has 0 saturated carbocycles. The van der Waals surface area contributed by atoms with E-state index in [2.05, 4.69) is 21.7 Å². The van der Waals surface area contributed by atoms with E-state index in [1.54, 1.807) is 6.20 Å². The lowest BCUT2D eigenvalue weighted by Gasteiger charge is -2.48. The first kappa shape index (κ1) is 20.3. The largest absolute Gasteiger partial charge is 0.341 e. The van der Waals surface area contributed by atoms with Gasteiger partial charge in [0, 0.05) is 32.3 Å². The summed E-state index contributed by atoms with van der Waals surface area (Å²) in [6.07, 6.45) is 8.69. The summed E-state index contributed by atoms with van der Waals surface area (Å²) in [4.78, 5) is 36.5. The van der Waals surface area contributed by atoms with Crippen molar-refractivity contribution in [2.24, 2.45) is 5.41 Å². The third kappa shape index (κ3) is 4.47. The molecular formula is C23H34N4O2. The highest BCUT2D eigenvalue weighted by Gasteiger charge is 2.42. The monoisotopic (exact) mass is 398 g/mol. The van der Waals surface area contributed by atoms with Crippen LogP contribution in [0.4, 0.5) is 0 Å². The van der Waals surface area contributed by atoms with Crippen LogP contribution in [0.3, 0.4) is 0 Å². The molecule has 2 amide bonds. The van der Waals surface area contributed by atoms with Gasteiger partial charge in [0.1, 0.15) is 0 Å². The second-order valence-corrected chi connectivity index (χ2v) is 9.06. The van der Waals surface area contributed by atoms with Crippen molar-refractivity contribution in [3.63, 3.8) is 0 Å². The normalized spacial score (nSPS) is 23.6. The molecular weight excluding hydrogens is 364 g/mol. The van der Waals surface area contributed by atoms with Crippen molar-refractivity contribution in [3.05, 3.63) is 30.1 Å². The van der Waals surface area contributed by atoms with Crippen LogP contribution in [0.15, 0.2) is 24.4 Å². The van der Waals surface area contributed by atoms with Crippen LogP contribution < -0.4 is 0 Å². The summed E-state index contributed by atoms with van der Waals surface area (Å²) in [6, 6.07) is 5.92. The summed E-state index contributed by atoms with van der Waals surface area (Å²) in [5, 5.41) is 0. The first-order chi connectivity index (χ1) is 14.1. The molecule has 0 aromatic carbocycles. The van der Waals surface area contributed by atoms with E-state index in [1.807, 2.05) is 23.1 Å². The van der Waals surface area contributed by atoms with Crippen molar-refractivity contribution in [1.82, 2.24) is 19.7 Å². The third-order valence-electron chi connectivity index (χ3n) is 7.22. The zero-order valence-corrected chi connectivity index (χ0v) is 17.7. The molecule has 6 heteroatoms. The van der Waals surface area contributed by atoms with Gasteiger partial charge in [0.15, 0.2) is 0 Å². The van der Waals surface area contributed by atoms with Gasteiger partial charge in [-0.25, -0.2) is 0 Å². The Morgan fingerprint density at radius 2 is 1.90 bits per heavy atom. The zero-order valence-electron chi connectivity index (χ0n) is 17.7. The van der Waals surface area contributed by atoms with Gasteiger partial charge in [-0.1, -0.05) is 13.0 Å². The Morgan fingerprint density at radius 1 is 1.14 bits per heavy atom. The number of piperidine rings is 2. The molecule has 0 aliphatic carbocycles. The number of likely N-dealkylation sites (tertiary alicyclic amines) is 3. The van der Waals surface area contributed by atoms with Crippen LogP contribution in [0.2, 0.25) is 0 Å². The highest BCUT2D eigenvalue weighted by atomic mass is 16.2. The van der Waals surface area contributed by atoms with Gasteiger partial charge in [0.25, 0.3) is 0 Å². The van der Waals surface area contributed by atoms with Crippen molar-refractivity contribution in [2.75, 3.05) is 32.7 Å². The van der Waals surface area contributed by atoms with E-state index in [0.29, 0.717) is 18.9 Å². The standard InChI is InChI=1S/C23H34N4O2/c1-2-20(25-13-5-6-14-25)22(29)26-15-10-23(11-16-26)9-8-21(28)27(18-23)17-19-7-3-4-12-24-19/h3-4,7,12,20H,2,5-6,8-11,13-18H2,1H3/t20-/m1/s1. The van der Waals surface area contributed by atoms with E-state index in [1.165, 1.54) is 12.8 Å². The van der Waals surface area contributed by atoms with Crippen LogP contribution in [-0.4, -0.2) is 70.3 Å². The molecule has 3 aliphatic rings. The van der Waals surface area contributed by atoms with Crippen molar-refractivity contribution in [2.45, 2.75) is 64.5 Å². The summed E-state index contributed by atoms with van der Waals surface area (Å²) in [7, 11) is 0. The fourth-order valence-corrected chi connectivity index (χ4v) is 5.40. The zero-order chi connectivity index (χ0) is 20.3. The van der Waals surface area contributed by atoms with Gasteiger partial charge >= 0.3 is 0 Å². The number of pyridine rings is 1. The minimum absolute atomic E-state index is 0.0557. The smallest absolute Gasteiger partial charge is 0.239 e. The van der Waals surface area contributed by atoms with Crippen molar-refractivity contribution >= 4 is 11.8 Å². The van der Waals surface area contributed by atoms with E-state index in [0.717, 1.165) is 64.1 Å². The Hall–Kier alpha value is -1.95. The van der Waals surface area contributed by atoms with E-state index < -0.39 is 0 Å². The number of aromatic nitrogens is 1. The Morgan fingerprint density at radius 3 is 2.55 bits per heavy atom. The van der Waals surface area contributed by atoms with Crippen molar-refractivity contribution < 1.29 is 9.59 Å². The van der Waals surface area contributed by atoms with Crippen LogP contribution in [0.1, 0.15) is 57.6 Å². The van der Waals surface area contributed by atoms with Crippen molar-refractivity contribution in [3.8, 4) is 0 Å². The molecule has 0 unspecified atom stereocenters. The Labute approximate surface area is 174 Å². The molecule has 1 spiro atoms. The van der Waals surface area contributed by atoms with E-state index >= 15 is 0 Å². The Balaban J connectivity index is 1.36. The Bertz CT molecular complexity index is 709. The lowest BCUT2D eigenvalue weighted by atomic mass is 9.72. The van der Waals surface area contributed by atoms with E-state index in [-0.39, 0.29) is 17.4 Å². The van der Waals surface area contributed by atoms with Crippen LogP contribution in [0, 0.1) is 5.41 Å². The van der Waals surface area contributed by atoms with E-state index in [9.17, 15) is 9.59 Å². The molecule has 3 aliphatic heterocycles. The van der Waals surface area contributed by atoms with Crippen LogP contribution in [0.5, 0.6) is 0 Å². The van der Waals surface area contributed by atoms with Gasteiger partial charge in [-0.3, -0.25) is 19.5 Å². The number of carbonyl (C=O) groups excluding carboxylic acids is 2. The maximum absolute atomic E-state index is 13.2. The summed E-state index contributed by atoms with van der Waals surface area (Å²) in [5.41, 5.74) is 1.11.